The smallest absolute Gasteiger partial charge is 0.241 e. The number of amides is 1. The first-order valence-electron chi connectivity index (χ1n) is 8.80. The highest BCUT2D eigenvalue weighted by Gasteiger charge is 2.09. The van der Waals surface area contributed by atoms with Crippen molar-refractivity contribution < 1.29 is 4.79 Å². The Morgan fingerprint density at radius 2 is 2.08 bits per heavy atom. The van der Waals surface area contributed by atoms with Crippen molar-refractivity contribution in [3.8, 4) is 0 Å². The van der Waals surface area contributed by atoms with Crippen LogP contribution in [0, 0.1) is 5.92 Å². The van der Waals surface area contributed by atoms with E-state index in [2.05, 4.69) is 46.3 Å². The SMILES string of the molecule is CCCCC(CC)CNC(=NCc1ccsc1)NCC(=O)N(C)C.I. The summed E-state index contributed by atoms with van der Waals surface area (Å²) in [5.74, 6) is 1.40. The van der Waals surface area contributed by atoms with Crippen LogP contribution in [0.15, 0.2) is 21.8 Å². The zero-order valence-electron chi connectivity index (χ0n) is 15.9. The van der Waals surface area contributed by atoms with Crippen LogP contribution in [0.25, 0.3) is 0 Å². The summed E-state index contributed by atoms with van der Waals surface area (Å²) in [5.41, 5.74) is 1.19. The Labute approximate surface area is 173 Å². The zero-order chi connectivity index (χ0) is 17.8. The predicted octanol–water partition coefficient (Wildman–Crippen LogP) is 3.71. The maximum atomic E-state index is 11.8. The van der Waals surface area contributed by atoms with Gasteiger partial charge in [0, 0.05) is 20.6 Å². The van der Waals surface area contributed by atoms with Crippen molar-refractivity contribution in [2.24, 2.45) is 10.9 Å². The van der Waals surface area contributed by atoms with E-state index in [9.17, 15) is 4.79 Å². The van der Waals surface area contributed by atoms with E-state index < -0.39 is 0 Å². The third-order valence-corrected chi connectivity index (χ3v) is 4.74. The molecule has 2 N–H and O–H groups in total. The standard InChI is InChI=1S/C18H32N4OS.HI/c1-5-7-8-15(6-2)11-19-18(21-13-17(23)22(3)4)20-12-16-9-10-24-14-16;/h9-10,14-15H,5-8,11-13H2,1-4H3,(H2,19,20,21);1H. The molecule has 1 heterocycles. The molecule has 25 heavy (non-hydrogen) atoms. The lowest BCUT2D eigenvalue weighted by molar-refractivity contribution is -0.127. The molecule has 1 aromatic heterocycles. The molecule has 0 aliphatic heterocycles. The van der Waals surface area contributed by atoms with E-state index in [1.165, 1.54) is 24.8 Å². The van der Waals surface area contributed by atoms with Crippen LogP contribution in [0.2, 0.25) is 0 Å². The van der Waals surface area contributed by atoms with Crippen molar-refractivity contribution in [3.63, 3.8) is 0 Å². The van der Waals surface area contributed by atoms with Gasteiger partial charge in [-0.1, -0.05) is 33.1 Å². The van der Waals surface area contributed by atoms with Gasteiger partial charge in [0.1, 0.15) is 0 Å². The highest BCUT2D eigenvalue weighted by atomic mass is 127. The third-order valence-electron chi connectivity index (χ3n) is 4.01. The lowest BCUT2D eigenvalue weighted by Crippen LogP contribution is -2.44. The van der Waals surface area contributed by atoms with Gasteiger partial charge in [-0.15, -0.1) is 24.0 Å². The van der Waals surface area contributed by atoms with Gasteiger partial charge >= 0.3 is 0 Å². The molecular weight excluding hydrogens is 447 g/mol. The van der Waals surface area contributed by atoms with Crippen molar-refractivity contribution in [3.05, 3.63) is 22.4 Å². The Balaban J connectivity index is 0.00000576. The van der Waals surface area contributed by atoms with Crippen molar-refractivity contribution >= 4 is 47.2 Å². The summed E-state index contributed by atoms with van der Waals surface area (Å²) in [6.45, 7) is 6.23. The molecule has 0 aliphatic rings. The number of carbonyl (C=O) groups excluding carboxylic acids is 1. The number of hydrogen-bond acceptors (Lipinski definition) is 3. The maximum absolute atomic E-state index is 11.8. The van der Waals surface area contributed by atoms with E-state index in [-0.39, 0.29) is 36.4 Å². The molecule has 1 rings (SSSR count). The number of hydrogen-bond donors (Lipinski definition) is 2. The first-order chi connectivity index (χ1) is 11.6. The molecule has 0 saturated heterocycles. The molecule has 1 unspecified atom stereocenters. The summed E-state index contributed by atoms with van der Waals surface area (Å²) in [6, 6.07) is 2.08. The van der Waals surface area contributed by atoms with Crippen LogP contribution in [0.3, 0.4) is 0 Å². The Hall–Kier alpha value is -0.830. The Morgan fingerprint density at radius 1 is 1.32 bits per heavy atom. The monoisotopic (exact) mass is 480 g/mol. The summed E-state index contributed by atoms with van der Waals surface area (Å²) in [7, 11) is 3.52. The molecule has 1 atom stereocenters. The molecule has 0 radical (unpaired) electrons. The fourth-order valence-corrected chi connectivity index (χ4v) is 2.89. The number of halogens is 1. The van der Waals surface area contributed by atoms with Gasteiger partial charge in [-0.05, 0) is 34.7 Å². The van der Waals surface area contributed by atoms with E-state index in [1.54, 1.807) is 30.3 Å². The van der Waals surface area contributed by atoms with Gasteiger partial charge in [-0.25, -0.2) is 4.99 Å². The largest absolute Gasteiger partial charge is 0.356 e. The average molecular weight is 480 g/mol. The molecule has 7 heteroatoms. The number of nitrogens with one attached hydrogen (secondary N) is 2. The van der Waals surface area contributed by atoms with Gasteiger partial charge in [-0.2, -0.15) is 11.3 Å². The summed E-state index contributed by atoms with van der Waals surface area (Å²) >= 11 is 1.67. The number of aliphatic imine (C=N–C) groups is 1. The highest BCUT2D eigenvalue weighted by molar-refractivity contribution is 14.0. The Morgan fingerprint density at radius 3 is 2.64 bits per heavy atom. The fourth-order valence-electron chi connectivity index (χ4n) is 2.23. The van der Waals surface area contributed by atoms with E-state index in [0.29, 0.717) is 18.4 Å². The van der Waals surface area contributed by atoms with E-state index >= 15 is 0 Å². The van der Waals surface area contributed by atoms with Crippen LogP contribution in [0.4, 0.5) is 0 Å². The number of likely N-dealkylation sites (N-methyl/N-ethyl adjacent to an activating group) is 1. The van der Waals surface area contributed by atoms with Crippen LogP contribution >= 0.6 is 35.3 Å². The Kier molecular flexibility index (Phi) is 13.9. The van der Waals surface area contributed by atoms with Crippen LogP contribution in [0.1, 0.15) is 45.1 Å². The molecule has 0 aliphatic carbocycles. The number of carbonyl (C=O) groups is 1. The highest BCUT2D eigenvalue weighted by Crippen LogP contribution is 2.11. The number of guanidine groups is 1. The van der Waals surface area contributed by atoms with Crippen molar-refractivity contribution in [1.82, 2.24) is 15.5 Å². The fraction of sp³-hybridized carbons (Fsp3) is 0.667. The molecule has 144 valence electrons. The molecule has 0 aromatic carbocycles. The average Bonchev–Trinajstić information content (AvgIpc) is 3.09. The van der Waals surface area contributed by atoms with Gasteiger partial charge in [0.05, 0.1) is 13.1 Å². The minimum atomic E-state index is 0. The van der Waals surface area contributed by atoms with Gasteiger partial charge in [0.25, 0.3) is 0 Å². The predicted molar refractivity (Wildman–Crippen MR) is 119 cm³/mol. The second-order valence-electron chi connectivity index (χ2n) is 6.24. The first-order valence-corrected chi connectivity index (χ1v) is 9.74. The number of thiophene rings is 1. The molecule has 0 spiro atoms. The van der Waals surface area contributed by atoms with Crippen molar-refractivity contribution in [2.45, 2.75) is 46.1 Å². The first kappa shape index (κ1) is 24.2. The van der Waals surface area contributed by atoms with E-state index in [1.807, 2.05) is 0 Å². The van der Waals surface area contributed by atoms with Crippen molar-refractivity contribution in [2.75, 3.05) is 27.2 Å². The number of unbranched alkanes of at least 4 members (excludes halogenated alkanes) is 1. The maximum Gasteiger partial charge on any atom is 0.241 e. The Bertz CT molecular complexity index is 491. The summed E-state index contributed by atoms with van der Waals surface area (Å²) in [6.07, 6.45) is 4.87. The third kappa shape index (κ3) is 10.7. The molecule has 0 saturated carbocycles. The topological polar surface area (TPSA) is 56.7 Å². The van der Waals surface area contributed by atoms with Gasteiger partial charge < -0.3 is 15.5 Å². The zero-order valence-corrected chi connectivity index (χ0v) is 19.0. The lowest BCUT2D eigenvalue weighted by atomic mass is 9.99. The van der Waals surface area contributed by atoms with Gasteiger partial charge in [0.2, 0.25) is 5.91 Å². The second-order valence-corrected chi connectivity index (χ2v) is 7.02. The van der Waals surface area contributed by atoms with E-state index in [4.69, 9.17) is 0 Å². The number of nitrogens with zero attached hydrogens (tertiary/aromatic N) is 2. The molecule has 0 fully saturated rings. The van der Waals surface area contributed by atoms with Crippen LogP contribution < -0.4 is 10.6 Å². The molecule has 0 bridgehead atoms. The second kappa shape index (κ2) is 14.4. The van der Waals surface area contributed by atoms with Crippen LogP contribution in [0.5, 0.6) is 0 Å². The molecule has 1 amide bonds. The number of rotatable bonds is 10. The van der Waals surface area contributed by atoms with Crippen LogP contribution in [-0.2, 0) is 11.3 Å². The minimum absolute atomic E-state index is 0. The lowest BCUT2D eigenvalue weighted by Gasteiger charge is -2.19. The normalized spacial score (nSPS) is 12.2. The van der Waals surface area contributed by atoms with Crippen molar-refractivity contribution in [1.29, 1.82) is 0 Å². The molecule has 5 nitrogen and oxygen atoms in total. The summed E-state index contributed by atoms with van der Waals surface area (Å²) < 4.78 is 0. The minimum Gasteiger partial charge on any atom is -0.356 e. The van der Waals surface area contributed by atoms with Crippen LogP contribution in [-0.4, -0.2) is 44.0 Å². The summed E-state index contributed by atoms with van der Waals surface area (Å²) in [4.78, 5) is 18.0. The van der Waals surface area contributed by atoms with E-state index in [0.717, 1.165) is 13.0 Å². The van der Waals surface area contributed by atoms with Gasteiger partial charge in [-0.3, -0.25) is 4.79 Å². The van der Waals surface area contributed by atoms with Gasteiger partial charge in [0.15, 0.2) is 5.96 Å². The quantitative estimate of drug-likeness (QED) is 0.305. The molecule has 1 aromatic rings. The summed E-state index contributed by atoms with van der Waals surface area (Å²) in [5, 5.41) is 10.7. The molecular formula is C18H33IN4OS.